The van der Waals surface area contributed by atoms with E-state index in [-0.39, 0.29) is 31.8 Å². The molecule has 1 fully saturated rings. The summed E-state index contributed by atoms with van der Waals surface area (Å²) in [6, 6.07) is 13.7. The number of amides is 3. The van der Waals surface area contributed by atoms with Crippen LogP contribution in [0.5, 0.6) is 5.75 Å². The van der Waals surface area contributed by atoms with E-state index in [1.54, 1.807) is 0 Å². The van der Waals surface area contributed by atoms with E-state index in [2.05, 4.69) is 5.10 Å². The molecule has 2 aliphatic rings. The molecule has 12 heteroatoms. The summed E-state index contributed by atoms with van der Waals surface area (Å²) in [5.74, 6) is -1.55. The summed E-state index contributed by atoms with van der Waals surface area (Å²) in [5.41, 5.74) is 4.47. The van der Waals surface area contributed by atoms with Crippen LogP contribution in [0.2, 0.25) is 0 Å². The first kappa shape index (κ1) is 26.0. The SMILES string of the molecule is CN1N=C2CCN(C(=O)[C@@H](COc3ccccc3C(F)(F)F)OC(N)=O)C[C@@]2(Cc2ccccc2)C1=O. The molecule has 1 saturated heterocycles. The molecule has 4 rings (SSSR count). The average molecular weight is 518 g/mol. The summed E-state index contributed by atoms with van der Waals surface area (Å²) >= 11 is 0. The summed E-state index contributed by atoms with van der Waals surface area (Å²) in [6.45, 7) is -0.598. The second-order valence-electron chi connectivity index (χ2n) is 8.86. The highest BCUT2D eigenvalue weighted by atomic mass is 19.4. The van der Waals surface area contributed by atoms with Crippen molar-refractivity contribution in [1.29, 1.82) is 0 Å². The van der Waals surface area contributed by atoms with Gasteiger partial charge in [-0.2, -0.15) is 18.3 Å². The largest absolute Gasteiger partial charge is 0.489 e. The van der Waals surface area contributed by atoms with Crippen LogP contribution in [0.4, 0.5) is 18.0 Å². The van der Waals surface area contributed by atoms with Crippen molar-refractivity contribution in [3.63, 3.8) is 0 Å². The van der Waals surface area contributed by atoms with E-state index in [4.69, 9.17) is 15.2 Å². The van der Waals surface area contributed by atoms with E-state index in [0.29, 0.717) is 5.71 Å². The zero-order valence-corrected chi connectivity index (χ0v) is 19.9. The number of carbonyl (C=O) groups excluding carboxylic acids is 3. The lowest BCUT2D eigenvalue weighted by Crippen LogP contribution is -2.58. The Morgan fingerprint density at radius 1 is 1.14 bits per heavy atom. The smallest absolute Gasteiger partial charge is 0.419 e. The van der Waals surface area contributed by atoms with E-state index >= 15 is 0 Å². The molecule has 3 amide bonds. The lowest BCUT2D eigenvalue weighted by molar-refractivity contribution is -0.146. The van der Waals surface area contributed by atoms with E-state index in [1.165, 1.54) is 29.1 Å². The summed E-state index contributed by atoms with van der Waals surface area (Å²) in [7, 11) is 1.54. The van der Waals surface area contributed by atoms with Gasteiger partial charge in [-0.1, -0.05) is 42.5 Å². The van der Waals surface area contributed by atoms with E-state index in [0.717, 1.165) is 17.7 Å². The first-order valence-electron chi connectivity index (χ1n) is 11.5. The van der Waals surface area contributed by atoms with Crippen LogP contribution in [0, 0.1) is 5.41 Å². The Morgan fingerprint density at radius 3 is 2.49 bits per heavy atom. The molecular formula is C25H25F3N4O5. The number of para-hydroxylation sites is 1. The van der Waals surface area contributed by atoms with Crippen molar-refractivity contribution in [2.75, 3.05) is 26.7 Å². The van der Waals surface area contributed by atoms with Gasteiger partial charge in [-0.3, -0.25) is 9.59 Å². The van der Waals surface area contributed by atoms with Gasteiger partial charge < -0.3 is 20.1 Å². The minimum absolute atomic E-state index is 0.0551. The maximum atomic E-state index is 13.4. The number of hydrazone groups is 1. The van der Waals surface area contributed by atoms with Crippen LogP contribution in [0.1, 0.15) is 17.5 Å². The van der Waals surface area contributed by atoms with Crippen LogP contribution >= 0.6 is 0 Å². The molecule has 2 aromatic carbocycles. The number of benzene rings is 2. The highest BCUT2D eigenvalue weighted by molar-refractivity contribution is 6.13. The van der Waals surface area contributed by atoms with Crippen molar-refractivity contribution in [3.05, 3.63) is 65.7 Å². The topological polar surface area (TPSA) is 115 Å². The molecule has 0 radical (unpaired) electrons. The lowest BCUT2D eigenvalue weighted by atomic mass is 9.73. The number of primary amides is 1. The maximum absolute atomic E-state index is 13.4. The number of ether oxygens (including phenoxy) is 2. The molecule has 2 aliphatic heterocycles. The fourth-order valence-corrected chi connectivity index (χ4v) is 4.71. The molecule has 0 unspecified atom stereocenters. The number of nitrogens with two attached hydrogens (primary N) is 1. The molecular weight excluding hydrogens is 493 g/mol. The zero-order valence-electron chi connectivity index (χ0n) is 19.9. The Kier molecular flexibility index (Phi) is 7.10. The number of likely N-dealkylation sites (tertiary alicyclic amines) is 1. The summed E-state index contributed by atoms with van der Waals surface area (Å²) in [5, 5.41) is 5.63. The quantitative estimate of drug-likeness (QED) is 0.606. The summed E-state index contributed by atoms with van der Waals surface area (Å²) in [4.78, 5) is 39.6. The van der Waals surface area contributed by atoms with Crippen LogP contribution in [-0.4, -0.2) is 66.4 Å². The standard InChI is InChI=1S/C25H25F3N4O5/c1-31-22(34)24(13-16-7-3-2-4-8-16)15-32(12-11-20(24)30-31)21(33)19(37-23(29)35)14-36-18-10-6-5-9-17(18)25(26,27)28/h2-10,19H,11-15H2,1H3,(H2,29,35)/t19-,24-/m1/s1. The summed E-state index contributed by atoms with van der Waals surface area (Å²) < 4.78 is 50.2. The predicted molar refractivity (Wildman–Crippen MR) is 125 cm³/mol. The highest BCUT2D eigenvalue weighted by Crippen LogP contribution is 2.39. The number of nitrogens with zero attached hydrogens (tertiary/aromatic N) is 3. The number of alkyl halides is 3. The van der Waals surface area contributed by atoms with Crippen molar-refractivity contribution in [3.8, 4) is 5.75 Å². The number of carbonyl (C=O) groups is 3. The fraction of sp³-hybridized carbons (Fsp3) is 0.360. The van der Waals surface area contributed by atoms with Crippen LogP contribution in [0.15, 0.2) is 59.7 Å². The molecule has 2 heterocycles. The van der Waals surface area contributed by atoms with Crippen LogP contribution in [-0.2, 0) is 26.9 Å². The minimum atomic E-state index is -4.69. The van der Waals surface area contributed by atoms with E-state index in [1.807, 2.05) is 30.3 Å². The Hall–Kier alpha value is -4.09. The number of hydrogen-bond acceptors (Lipinski definition) is 6. The lowest BCUT2D eigenvalue weighted by Gasteiger charge is -2.40. The molecule has 2 aromatic rings. The number of fused-ring (bicyclic) bond motifs is 1. The van der Waals surface area contributed by atoms with Gasteiger partial charge in [0.25, 0.3) is 11.8 Å². The Morgan fingerprint density at radius 2 is 1.81 bits per heavy atom. The molecule has 9 nitrogen and oxygen atoms in total. The second-order valence-corrected chi connectivity index (χ2v) is 8.86. The van der Waals surface area contributed by atoms with Gasteiger partial charge in [-0.25, -0.2) is 9.80 Å². The number of piperidine rings is 1. The van der Waals surface area contributed by atoms with Crippen molar-refractivity contribution < 1.29 is 37.0 Å². The molecule has 0 bridgehead atoms. The van der Waals surface area contributed by atoms with Gasteiger partial charge in [0.05, 0.1) is 11.3 Å². The third-order valence-corrected chi connectivity index (χ3v) is 6.38. The maximum Gasteiger partial charge on any atom is 0.419 e. The van der Waals surface area contributed by atoms with E-state index < -0.39 is 47.6 Å². The predicted octanol–water partition coefficient (Wildman–Crippen LogP) is 2.84. The van der Waals surface area contributed by atoms with Gasteiger partial charge in [0.2, 0.25) is 6.10 Å². The van der Waals surface area contributed by atoms with Gasteiger partial charge in [-0.05, 0) is 24.1 Å². The molecule has 2 N–H and O–H groups in total. The van der Waals surface area contributed by atoms with Crippen molar-refractivity contribution in [2.24, 2.45) is 16.3 Å². The second kappa shape index (κ2) is 10.1. The normalized spacial score (nSPS) is 20.2. The average Bonchev–Trinajstić information content (AvgIpc) is 3.10. The van der Waals surface area contributed by atoms with Gasteiger partial charge in [0.1, 0.15) is 17.8 Å². The van der Waals surface area contributed by atoms with Crippen molar-refractivity contribution >= 4 is 23.6 Å². The molecule has 37 heavy (non-hydrogen) atoms. The third-order valence-electron chi connectivity index (χ3n) is 6.38. The van der Waals surface area contributed by atoms with Gasteiger partial charge in [0, 0.05) is 26.6 Å². The first-order chi connectivity index (χ1) is 17.5. The van der Waals surface area contributed by atoms with Crippen LogP contribution < -0.4 is 10.5 Å². The Bertz CT molecular complexity index is 1220. The minimum Gasteiger partial charge on any atom is -0.489 e. The Balaban J connectivity index is 1.57. The monoisotopic (exact) mass is 518 g/mol. The van der Waals surface area contributed by atoms with Gasteiger partial charge >= 0.3 is 12.3 Å². The number of hydrogen-bond donors (Lipinski definition) is 1. The van der Waals surface area contributed by atoms with Crippen molar-refractivity contribution in [2.45, 2.75) is 25.1 Å². The van der Waals surface area contributed by atoms with Gasteiger partial charge in [0.15, 0.2) is 0 Å². The van der Waals surface area contributed by atoms with Crippen LogP contribution in [0.25, 0.3) is 0 Å². The Labute approximate surface area is 210 Å². The van der Waals surface area contributed by atoms with Gasteiger partial charge in [-0.15, -0.1) is 0 Å². The zero-order chi connectivity index (χ0) is 26.8. The molecule has 196 valence electrons. The summed E-state index contributed by atoms with van der Waals surface area (Å²) in [6.07, 6.45) is -7.03. The molecule has 0 aromatic heterocycles. The third kappa shape index (κ3) is 5.37. The molecule has 0 saturated carbocycles. The van der Waals surface area contributed by atoms with Crippen LogP contribution in [0.3, 0.4) is 0 Å². The molecule has 0 spiro atoms. The first-order valence-corrected chi connectivity index (χ1v) is 11.5. The van der Waals surface area contributed by atoms with E-state index in [9.17, 15) is 27.6 Å². The highest BCUT2D eigenvalue weighted by Gasteiger charge is 2.54. The fourth-order valence-electron chi connectivity index (χ4n) is 4.71. The number of rotatable bonds is 7. The number of halogens is 3. The van der Waals surface area contributed by atoms with Crippen molar-refractivity contribution in [1.82, 2.24) is 9.91 Å². The molecule has 2 atom stereocenters. The molecule has 0 aliphatic carbocycles.